The summed E-state index contributed by atoms with van der Waals surface area (Å²) in [5, 5.41) is 12.3. The van der Waals surface area contributed by atoms with Crippen LogP contribution in [0.5, 0.6) is 0 Å². The van der Waals surface area contributed by atoms with E-state index >= 15 is 0 Å². The fraction of sp³-hybridized carbons (Fsp3) is 0.900. The first-order valence-corrected chi connectivity index (χ1v) is 5.23. The van der Waals surface area contributed by atoms with Gasteiger partial charge < -0.3 is 15.2 Å². The van der Waals surface area contributed by atoms with Crippen molar-refractivity contribution in [2.75, 3.05) is 13.2 Å². The zero-order valence-electron chi connectivity index (χ0n) is 8.40. The number of nitrogens with one attached hydrogen (secondary N) is 1. The van der Waals surface area contributed by atoms with Crippen molar-refractivity contribution in [2.24, 2.45) is 11.8 Å². The number of carbonyl (C=O) groups is 1. The van der Waals surface area contributed by atoms with Gasteiger partial charge in [0, 0.05) is 5.92 Å². The monoisotopic (exact) mass is 199 g/mol. The topological polar surface area (TPSA) is 58.6 Å². The Balaban J connectivity index is 1.77. The molecule has 0 unspecified atom stereocenters. The second-order valence-corrected chi connectivity index (χ2v) is 4.49. The molecule has 14 heavy (non-hydrogen) atoms. The van der Waals surface area contributed by atoms with E-state index in [9.17, 15) is 9.90 Å². The Kier molecular flexibility index (Phi) is 2.74. The molecule has 1 amide bonds. The molecule has 1 saturated heterocycles. The molecule has 1 heterocycles. The quantitative estimate of drug-likeness (QED) is 0.653. The van der Waals surface area contributed by atoms with Crippen molar-refractivity contribution < 1.29 is 14.6 Å². The fourth-order valence-corrected chi connectivity index (χ4v) is 2.10. The van der Waals surface area contributed by atoms with Gasteiger partial charge in [-0.1, -0.05) is 6.92 Å². The van der Waals surface area contributed by atoms with Crippen molar-refractivity contribution >= 4 is 5.91 Å². The maximum Gasteiger partial charge on any atom is 0.223 e. The molecule has 0 aromatic rings. The molecule has 0 aromatic heterocycles. The van der Waals surface area contributed by atoms with Crippen molar-refractivity contribution in [2.45, 2.75) is 31.9 Å². The van der Waals surface area contributed by atoms with Gasteiger partial charge >= 0.3 is 0 Å². The minimum atomic E-state index is -0.531. The van der Waals surface area contributed by atoms with E-state index in [1.807, 2.05) is 0 Å². The lowest BCUT2D eigenvalue weighted by molar-refractivity contribution is -0.130. The summed E-state index contributed by atoms with van der Waals surface area (Å²) in [6, 6.07) is -0.196. The van der Waals surface area contributed by atoms with Crippen LogP contribution in [-0.4, -0.2) is 36.4 Å². The van der Waals surface area contributed by atoms with Crippen LogP contribution in [0.25, 0.3) is 0 Å². The summed E-state index contributed by atoms with van der Waals surface area (Å²) in [6.45, 7) is 2.93. The lowest BCUT2D eigenvalue weighted by atomic mass is 9.75. The van der Waals surface area contributed by atoms with Gasteiger partial charge in [0.1, 0.15) is 0 Å². The van der Waals surface area contributed by atoms with E-state index < -0.39 is 6.10 Å². The number of aliphatic hydroxyl groups excluding tert-OH is 1. The van der Waals surface area contributed by atoms with Gasteiger partial charge in [-0.2, -0.15) is 0 Å². The summed E-state index contributed by atoms with van der Waals surface area (Å²) in [5.41, 5.74) is 0. The normalized spacial score (nSPS) is 41.9. The Morgan fingerprint density at radius 2 is 2.14 bits per heavy atom. The molecule has 1 aliphatic heterocycles. The Morgan fingerprint density at radius 3 is 2.64 bits per heavy atom. The summed E-state index contributed by atoms with van der Waals surface area (Å²) in [7, 11) is 0. The number of rotatable bonds is 2. The van der Waals surface area contributed by atoms with Crippen molar-refractivity contribution in [1.82, 2.24) is 5.32 Å². The minimum Gasteiger partial charge on any atom is -0.388 e. The van der Waals surface area contributed by atoms with E-state index in [-0.39, 0.29) is 17.9 Å². The molecule has 4 heteroatoms. The summed E-state index contributed by atoms with van der Waals surface area (Å²) in [5.74, 6) is 0.922. The molecular formula is C10H17NO3. The van der Waals surface area contributed by atoms with Gasteiger partial charge in [0.2, 0.25) is 5.91 Å². The molecule has 0 bridgehead atoms. The molecule has 0 spiro atoms. The molecule has 0 aromatic carbocycles. The highest BCUT2D eigenvalue weighted by molar-refractivity contribution is 5.79. The Morgan fingerprint density at radius 1 is 1.43 bits per heavy atom. The molecule has 4 nitrogen and oxygen atoms in total. The maximum atomic E-state index is 11.6. The van der Waals surface area contributed by atoms with Crippen LogP contribution >= 0.6 is 0 Å². The van der Waals surface area contributed by atoms with Crippen molar-refractivity contribution in [3.05, 3.63) is 0 Å². The summed E-state index contributed by atoms with van der Waals surface area (Å²) < 4.78 is 5.06. The predicted octanol–water partition coefficient (Wildman–Crippen LogP) is -0.0916. The Bertz CT molecular complexity index is 225. The molecule has 1 saturated carbocycles. The molecule has 1 aliphatic carbocycles. The van der Waals surface area contributed by atoms with E-state index in [1.54, 1.807) is 0 Å². The molecule has 0 radical (unpaired) electrons. The third kappa shape index (κ3) is 1.91. The van der Waals surface area contributed by atoms with E-state index in [2.05, 4.69) is 12.2 Å². The molecule has 2 aliphatic rings. The molecule has 2 N–H and O–H groups in total. The van der Waals surface area contributed by atoms with Gasteiger partial charge in [-0.05, 0) is 18.8 Å². The zero-order valence-corrected chi connectivity index (χ0v) is 8.40. The van der Waals surface area contributed by atoms with Crippen LogP contribution in [0.15, 0.2) is 0 Å². The number of hydrogen-bond acceptors (Lipinski definition) is 3. The molecule has 2 fully saturated rings. The SMILES string of the molecule is CC1CC(C(=O)N[C@@H]2COC[C@H]2O)C1. The van der Waals surface area contributed by atoms with Gasteiger partial charge in [0.25, 0.3) is 0 Å². The molecule has 2 rings (SSSR count). The van der Waals surface area contributed by atoms with Gasteiger partial charge in [-0.25, -0.2) is 0 Å². The van der Waals surface area contributed by atoms with Gasteiger partial charge in [0.05, 0.1) is 25.4 Å². The number of aliphatic hydroxyl groups is 1. The largest absolute Gasteiger partial charge is 0.388 e. The van der Waals surface area contributed by atoms with Crippen LogP contribution in [0.4, 0.5) is 0 Å². The summed E-state index contributed by atoms with van der Waals surface area (Å²) in [6.07, 6.45) is 1.43. The lowest BCUT2D eigenvalue weighted by Gasteiger charge is -2.32. The van der Waals surface area contributed by atoms with Crippen LogP contribution in [0.1, 0.15) is 19.8 Å². The molecule has 2 atom stereocenters. The Labute approximate surface area is 83.6 Å². The fourth-order valence-electron chi connectivity index (χ4n) is 2.10. The Hall–Kier alpha value is -0.610. The lowest BCUT2D eigenvalue weighted by Crippen LogP contribution is -2.47. The summed E-state index contributed by atoms with van der Waals surface area (Å²) >= 11 is 0. The standard InChI is InChI=1S/C10H17NO3/c1-6-2-7(3-6)10(13)11-8-4-14-5-9(8)12/h6-9,12H,2-5H2,1H3,(H,11,13)/t6?,7?,8-,9-/m1/s1. The average molecular weight is 199 g/mol. The first kappa shape index (κ1) is 9.93. The van der Waals surface area contributed by atoms with Crippen LogP contribution in [0, 0.1) is 11.8 Å². The third-order valence-corrected chi connectivity index (χ3v) is 3.12. The van der Waals surface area contributed by atoms with Gasteiger partial charge in [-0.15, -0.1) is 0 Å². The highest BCUT2D eigenvalue weighted by atomic mass is 16.5. The van der Waals surface area contributed by atoms with Crippen LogP contribution in [0.3, 0.4) is 0 Å². The van der Waals surface area contributed by atoms with Crippen molar-refractivity contribution in [3.63, 3.8) is 0 Å². The van der Waals surface area contributed by atoms with Gasteiger partial charge in [0.15, 0.2) is 0 Å². The zero-order chi connectivity index (χ0) is 10.1. The maximum absolute atomic E-state index is 11.6. The second kappa shape index (κ2) is 3.87. The number of carbonyl (C=O) groups excluding carboxylic acids is 1. The van der Waals surface area contributed by atoms with E-state index in [4.69, 9.17) is 4.74 Å². The van der Waals surface area contributed by atoms with Crippen LogP contribution < -0.4 is 5.32 Å². The first-order chi connectivity index (χ1) is 6.66. The molecular weight excluding hydrogens is 182 g/mol. The highest BCUT2D eigenvalue weighted by Gasteiger charge is 2.35. The van der Waals surface area contributed by atoms with Crippen LogP contribution in [0.2, 0.25) is 0 Å². The summed E-state index contributed by atoms with van der Waals surface area (Å²) in [4.78, 5) is 11.6. The number of ether oxygens (including phenoxy) is 1. The van der Waals surface area contributed by atoms with E-state index in [1.165, 1.54) is 0 Å². The smallest absolute Gasteiger partial charge is 0.223 e. The minimum absolute atomic E-state index is 0.0812. The van der Waals surface area contributed by atoms with E-state index in [0.717, 1.165) is 12.8 Å². The molecule has 80 valence electrons. The van der Waals surface area contributed by atoms with Crippen molar-refractivity contribution in [3.8, 4) is 0 Å². The third-order valence-electron chi connectivity index (χ3n) is 3.12. The van der Waals surface area contributed by atoms with E-state index in [0.29, 0.717) is 19.1 Å². The number of amides is 1. The van der Waals surface area contributed by atoms with Gasteiger partial charge in [-0.3, -0.25) is 4.79 Å². The second-order valence-electron chi connectivity index (χ2n) is 4.49. The predicted molar refractivity (Wildman–Crippen MR) is 50.6 cm³/mol. The van der Waals surface area contributed by atoms with Crippen molar-refractivity contribution in [1.29, 1.82) is 0 Å². The van der Waals surface area contributed by atoms with Crippen LogP contribution in [-0.2, 0) is 9.53 Å². The average Bonchev–Trinajstić information content (AvgIpc) is 2.46. The first-order valence-electron chi connectivity index (χ1n) is 5.23. The number of hydrogen-bond donors (Lipinski definition) is 2. The highest BCUT2D eigenvalue weighted by Crippen LogP contribution is 2.33.